The molecule has 0 aliphatic rings. The van der Waals surface area contributed by atoms with Crippen LogP contribution in [0.15, 0.2) is 49.1 Å². The normalized spacial score (nSPS) is 13.5. The van der Waals surface area contributed by atoms with Gasteiger partial charge in [0, 0.05) is 18.0 Å². The maximum atomic E-state index is 13.1. The Kier molecular flexibility index (Phi) is 3.13. The van der Waals surface area contributed by atoms with Crippen LogP contribution in [0, 0.1) is 0 Å². The van der Waals surface area contributed by atoms with Crippen molar-refractivity contribution in [2.75, 3.05) is 0 Å². The molecule has 1 unspecified atom stereocenters. The number of halogens is 3. The maximum absolute atomic E-state index is 13.1. The summed E-state index contributed by atoms with van der Waals surface area (Å²) in [5.41, 5.74) is 6.41. The largest absolute Gasteiger partial charge is 0.416 e. The minimum absolute atomic E-state index is 0.0174. The fraction of sp³-hybridized carbons (Fsp3) is 0.143. The van der Waals surface area contributed by atoms with E-state index in [-0.39, 0.29) is 5.56 Å². The zero-order valence-corrected chi connectivity index (χ0v) is 10.7. The van der Waals surface area contributed by atoms with Crippen molar-refractivity contribution in [2.24, 2.45) is 5.73 Å². The summed E-state index contributed by atoms with van der Waals surface area (Å²) < 4.78 is 40.8. The second-order valence-electron chi connectivity index (χ2n) is 4.57. The van der Waals surface area contributed by atoms with Gasteiger partial charge in [-0.1, -0.05) is 18.2 Å². The van der Waals surface area contributed by atoms with Crippen molar-refractivity contribution < 1.29 is 13.2 Å². The van der Waals surface area contributed by atoms with E-state index < -0.39 is 17.8 Å². The van der Waals surface area contributed by atoms with Crippen LogP contribution in [0.5, 0.6) is 0 Å². The molecular weight excluding hydrogens is 281 g/mol. The smallest absolute Gasteiger partial charge is 0.320 e. The molecule has 2 N–H and O–H groups in total. The summed E-state index contributed by atoms with van der Waals surface area (Å²) >= 11 is 0. The van der Waals surface area contributed by atoms with Crippen molar-refractivity contribution in [3.8, 4) is 0 Å². The lowest BCUT2D eigenvalue weighted by molar-refractivity contribution is -0.138. The first kappa shape index (κ1) is 13.6. The van der Waals surface area contributed by atoms with Gasteiger partial charge >= 0.3 is 6.18 Å². The average molecular weight is 292 g/mol. The molecule has 3 rings (SSSR count). The van der Waals surface area contributed by atoms with Gasteiger partial charge in [0.15, 0.2) is 0 Å². The molecule has 4 nitrogen and oxygen atoms in total. The predicted molar refractivity (Wildman–Crippen MR) is 70.5 cm³/mol. The van der Waals surface area contributed by atoms with Gasteiger partial charge in [-0.2, -0.15) is 18.3 Å². The molecule has 0 amide bonds. The van der Waals surface area contributed by atoms with Crippen molar-refractivity contribution in [3.05, 3.63) is 65.7 Å². The van der Waals surface area contributed by atoms with Crippen molar-refractivity contribution >= 4 is 5.52 Å². The summed E-state index contributed by atoms with van der Waals surface area (Å²) in [4.78, 5) is 3.95. The van der Waals surface area contributed by atoms with E-state index in [1.807, 2.05) is 0 Å². The Morgan fingerprint density at radius 1 is 1.10 bits per heavy atom. The highest BCUT2D eigenvalue weighted by atomic mass is 19.4. The molecule has 0 aliphatic heterocycles. The monoisotopic (exact) mass is 292 g/mol. The first-order valence-electron chi connectivity index (χ1n) is 6.17. The minimum Gasteiger partial charge on any atom is -0.320 e. The molecule has 1 atom stereocenters. The molecule has 0 fully saturated rings. The first-order valence-corrected chi connectivity index (χ1v) is 6.17. The molecule has 0 aliphatic carbocycles. The molecule has 2 heterocycles. The van der Waals surface area contributed by atoms with E-state index in [4.69, 9.17) is 5.73 Å². The van der Waals surface area contributed by atoms with Crippen LogP contribution in [0.25, 0.3) is 5.52 Å². The van der Waals surface area contributed by atoms with Crippen molar-refractivity contribution in [1.82, 2.24) is 14.6 Å². The Morgan fingerprint density at radius 2 is 1.86 bits per heavy atom. The lowest BCUT2D eigenvalue weighted by Crippen LogP contribution is -2.18. The van der Waals surface area contributed by atoms with Gasteiger partial charge in [0.25, 0.3) is 0 Å². The van der Waals surface area contributed by atoms with Crippen LogP contribution in [0.2, 0.25) is 0 Å². The summed E-state index contributed by atoms with van der Waals surface area (Å²) in [6, 6.07) is 4.36. The van der Waals surface area contributed by atoms with E-state index in [2.05, 4.69) is 10.1 Å². The van der Waals surface area contributed by atoms with Gasteiger partial charge in [-0.25, -0.2) is 4.52 Å². The fourth-order valence-electron chi connectivity index (χ4n) is 2.29. The molecule has 2 aromatic heterocycles. The van der Waals surface area contributed by atoms with Crippen molar-refractivity contribution in [3.63, 3.8) is 0 Å². The van der Waals surface area contributed by atoms with Gasteiger partial charge in [-0.15, -0.1) is 0 Å². The van der Waals surface area contributed by atoms with E-state index in [0.717, 1.165) is 6.07 Å². The summed E-state index contributed by atoms with van der Waals surface area (Å²) in [7, 11) is 0. The molecule has 21 heavy (non-hydrogen) atoms. The summed E-state index contributed by atoms with van der Waals surface area (Å²) in [5.74, 6) is 0. The van der Waals surface area contributed by atoms with E-state index in [1.54, 1.807) is 12.4 Å². The number of hydrogen-bond acceptors (Lipinski definition) is 3. The number of hydrogen-bond donors (Lipinski definition) is 1. The molecule has 0 bridgehead atoms. The Morgan fingerprint density at radius 3 is 2.62 bits per heavy atom. The van der Waals surface area contributed by atoms with Gasteiger partial charge in [-0.3, -0.25) is 4.98 Å². The van der Waals surface area contributed by atoms with Crippen molar-refractivity contribution in [2.45, 2.75) is 12.2 Å². The standard InChI is InChI=1S/C14H11F3N4/c15-14(16,17)11-4-2-1-3-9(11)13(18)10-7-20-21-6-5-19-8-12(10)21/h1-8,13H,18H2. The van der Waals surface area contributed by atoms with Crippen LogP contribution in [0.1, 0.15) is 22.7 Å². The van der Waals surface area contributed by atoms with E-state index in [9.17, 15) is 13.2 Å². The molecule has 0 spiro atoms. The van der Waals surface area contributed by atoms with Crippen LogP contribution >= 0.6 is 0 Å². The van der Waals surface area contributed by atoms with E-state index in [0.29, 0.717) is 11.1 Å². The number of aromatic nitrogens is 3. The molecule has 3 aromatic rings. The Bertz CT molecular complexity index is 779. The third-order valence-electron chi connectivity index (χ3n) is 3.29. The lowest BCUT2D eigenvalue weighted by Gasteiger charge is -2.17. The zero-order chi connectivity index (χ0) is 15.0. The van der Waals surface area contributed by atoms with Gasteiger partial charge in [0.1, 0.15) is 0 Å². The van der Waals surface area contributed by atoms with Crippen LogP contribution in [-0.4, -0.2) is 14.6 Å². The highest BCUT2D eigenvalue weighted by Gasteiger charge is 2.35. The molecule has 0 radical (unpaired) electrons. The van der Waals surface area contributed by atoms with Crippen LogP contribution in [0.3, 0.4) is 0 Å². The molecule has 108 valence electrons. The first-order chi connectivity index (χ1) is 9.98. The summed E-state index contributed by atoms with van der Waals surface area (Å²) in [6.07, 6.45) is 1.70. The van der Waals surface area contributed by atoms with Gasteiger partial charge < -0.3 is 5.73 Å². The van der Waals surface area contributed by atoms with Crippen LogP contribution in [-0.2, 0) is 6.18 Å². The number of nitrogens with two attached hydrogens (primary N) is 1. The Balaban J connectivity index is 2.13. The SMILES string of the molecule is NC(c1ccccc1C(F)(F)F)c1cnn2ccncc12. The number of alkyl halides is 3. The second kappa shape index (κ2) is 4.85. The molecule has 0 saturated carbocycles. The fourth-order valence-corrected chi connectivity index (χ4v) is 2.29. The zero-order valence-electron chi connectivity index (χ0n) is 10.7. The molecule has 1 aromatic carbocycles. The maximum Gasteiger partial charge on any atom is 0.416 e. The highest BCUT2D eigenvalue weighted by molar-refractivity contribution is 5.56. The predicted octanol–water partition coefficient (Wildman–Crippen LogP) is 2.80. The number of rotatable bonds is 2. The highest BCUT2D eigenvalue weighted by Crippen LogP contribution is 2.36. The topological polar surface area (TPSA) is 56.2 Å². The van der Waals surface area contributed by atoms with Gasteiger partial charge in [0.2, 0.25) is 0 Å². The van der Waals surface area contributed by atoms with Crippen LogP contribution in [0.4, 0.5) is 13.2 Å². The summed E-state index contributed by atoms with van der Waals surface area (Å²) in [5, 5.41) is 4.07. The third-order valence-corrected chi connectivity index (χ3v) is 3.29. The van der Waals surface area contributed by atoms with Gasteiger partial charge in [0.05, 0.1) is 29.5 Å². The molecule has 7 heteroatoms. The second-order valence-corrected chi connectivity index (χ2v) is 4.57. The lowest BCUT2D eigenvalue weighted by atomic mass is 9.96. The quantitative estimate of drug-likeness (QED) is 0.790. The van der Waals surface area contributed by atoms with Crippen LogP contribution < -0.4 is 5.73 Å². The van der Waals surface area contributed by atoms with Crippen molar-refractivity contribution in [1.29, 1.82) is 0 Å². The number of benzene rings is 1. The third kappa shape index (κ3) is 2.36. The number of nitrogens with zero attached hydrogens (tertiary/aromatic N) is 3. The minimum atomic E-state index is -4.45. The molecular formula is C14H11F3N4. The average Bonchev–Trinajstić information content (AvgIpc) is 2.89. The summed E-state index contributed by atoms with van der Waals surface area (Å²) in [6.45, 7) is 0. The Hall–Kier alpha value is -2.41. The van der Waals surface area contributed by atoms with E-state index in [1.165, 1.54) is 35.1 Å². The van der Waals surface area contributed by atoms with Gasteiger partial charge in [-0.05, 0) is 11.6 Å². The molecule has 0 saturated heterocycles. The number of fused-ring (bicyclic) bond motifs is 1. The Labute approximate surface area is 118 Å². The van der Waals surface area contributed by atoms with E-state index >= 15 is 0 Å².